The number of hydrogen-bond donors (Lipinski definition) is 3. The predicted octanol–water partition coefficient (Wildman–Crippen LogP) is 2.37. The normalized spacial score (nSPS) is 12.4. The highest BCUT2D eigenvalue weighted by Crippen LogP contribution is 2.23. The van der Waals surface area contributed by atoms with E-state index in [-0.39, 0.29) is 41.7 Å². The minimum absolute atomic E-state index is 0. The molecule has 0 atom stereocenters. The van der Waals surface area contributed by atoms with Crippen molar-refractivity contribution in [2.45, 2.75) is 27.2 Å². The van der Waals surface area contributed by atoms with Crippen molar-refractivity contribution in [3.8, 4) is 0 Å². The van der Waals surface area contributed by atoms with Crippen LogP contribution in [0.15, 0.2) is 29.3 Å². The van der Waals surface area contributed by atoms with E-state index in [0.717, 1.165) is 17.0 Å². The summed E-state index contributed by atoms with van der Waals surface area (Å²) in [5.41, 5.74) is 1.10. The van der Waals surface area contributed by atoms with E-state index in [1.807, 2.05) is 31.2 Å². The van der Waals surface area contributed by atoms with Crippen molar-refractivity contribution in [1.82, 2.24) is 10.6 Å². The Morgan fingerprint density at radius 3 is 2.56 bits per heavy atom. The summed E-state index contributed by atoms with van der Waals surface area (Å²) in [4.78, 5) is 4.55. The van der Waals surface area contributed by atoms with E-state index in [9.17, 15) is 8.42 Å². The average molecular weight is 503 g/mol. The van der Waals surface area contributed by atoms with Crippen molar-refractivity contribution in [2.75, 3.05) is 25.4 Å². The third-order valence-corrected chi connectivity index (χ3v) is 4.27. The molecule has 0 spiro atoms. The third kappa shape index (κ3) is 11.6. The number of primary sulfonamides is 1. The van der Waals surface area contributed by atoms with Gasteiger partial charge in [-0.05, 0) is 36.5 Å². The SMILES string of the molecule is CCNC(=NCC(C)(C)Cc1cccc(Cl)c1)NCCS(N)(=O)=O.I. The molecule has 0 aliphatic heterocycles. The lowest BCUT2D eigenvalue weighted by atomic mass is 9.86. The number of hydrogen-bond acceptors (Lipinski definition) is 3. The Morgan fingerprint density at radius 2 is 2.00 bits per heavy atom. The van der Waals surface area contributed by atoms with Crippen molar-refractivity contribution < 1.29 is 8.42 Å². The van der Waals surface area contributed by atoms with Crippen molar-refractivity contribution >= 4 is 51.6 Å². The second-order valence-corrected chi connectivity index (χ2v) is 8.63. The Bertz CT molecular complexity index is 666. The molecule has 144 valence electrons. The molecule has 0 aromatic heterocycles. The number of nitrogens with zero attached hydrogens (tertiary/aromatic N) is 1. The van der Waals surface area contributed by atoms with Crippen LogP contribution in [0.3, 0.4) is 0 Å². The molecule has 1 rings (SSSR count). The van der Waals surface area contributed by atoms with Crippen LogP contribution in [-0.4, -0.2) is 39.8 Å². The highest BCUT2D eigenvalue weighted by molar-refractivity contribution is 14.0. The van der Waals surface area contributed by atoms with E-state index in [1.165, 1.54) is 0 Å². The summed E-state index contributed by atoms with van der Waals surface area (Å²) in [7, 11) is -3.48. The third-order valence-electron chi connectivity index (χ3n) is 3.26. The topological polar surface area (TPSA) is 96.6 Å². The zero-order valence-corrected chi connectivity index (χ0v) is 18.8. The Labute approximate surface area is 173 Å². The van der Waals surface area contributed by atoms with Crippen LogP contribution in [0.5, 0.6) is 0 Å². The fraction of sp³-hybridized carbons (Fsp3) is 0.562. The van der Waals surface area contributed by atoms with Crippen molar-refractivity contribution in [3.05, 3.63) is 34.9 Å². The fourth-order valence-corrected chi connectivity index (χ4v) is 2.80. The fourth-order valence-electron chi connectivity index (χ4n) is 2.20. The quantitative estimate of drug-likeness (QED) is 0.289. The van der Waals surface area contributed by atoms with Crippen LogP contribution in [0.2, 0.25) is 5.02 Å². The summed E-state index contributed by atoms with van der Waals surface area (Å²) < 4.78 is 22.0. The standard InChI is InChI=1S/C16H27ClN4O2S.HI/c1-4-19-15(20-8-9-24(18,22)23)21-12-16(2,3)11-13-6-5-7-14(17)10-13;/h5-7,10H,4,8-9,11-12H2,1-3H3,(H2,18,22,23)(H2,19,20,21);1H. The predicted molar refractivity (Wildman–Crippen MR) is 116 cm³/mol. The maximum absolute atomic E-state index is 11.0. The van der Waals surface area contributed by atoms with Crippen molar-refractivity contribution in [3.63, 3.8) is 0 Å². The molecule has 0 aliphatic carbocycles. The first kappa shape index (κ1) is 24.4. The average Bonchev–Trinajstić information content (AvgIpc) is 2.43. The second kappa shape index (κ2) is 11.2. The van der Waals surface area contributed by atoms with Gasteiger partial charge in [0, 0.05) is 24.7 Å². The van der Waals surface area contributed by atoms with Crippen LogP contribution in [0.1, 0.15) is 26.3 Å². The van der Waals surface area contributed by atoms with Gasteiger partial charge < -0.3 is 10.6 Å². The molecule has 6 nitrogen and oxygen atoms in total. The maximum Gasteiger partial charge on any atom is 0.210 e. The van der Waals surface area contributed by atoms with Gasteiger partial charge in [-0.1, -0.05) is 37.6 Å². The van der Waals surface area contributed by atoms with Gasteiger partial charge in [-0.15, -0.1) is 24.0 Å². The summed E-state index contributed by atoms with van der Waals surface area (Å²) in [6.07, 6.45) is 0.841. The molecular weight excluding hydrogens is 475 g/mol. The zero-order chi connectivity index (χ0) is 18.2. The molecule has 1 aromatic rings. The Hall–Kier alpha value is -0.580. The van der Waals surface area contributed by atoms with Gasteiger partial charge >= 0.3 is 0 Å². The molecular formula is C16H28ClIN4O2S. The smallest absolute Gasteiger partial charge is 0.210 e. The van der Waals surface area contributed by atoms with E-state index in [0.29, 0.717) is 19.0 Å². The van der Waals surface area contributed by atoms with Crippen molar-refractivity contribution in [1.29, 1.82) is 0 Å². The van der Waals surface area contributed by atoms with Gasteiger partial charge in [0.25, 0.3) is 0 Å². The number of sulfonamides is 1. The number of benzene rings is 1. The lowest BCUT2D eigenvalue weighted by Crippen LogP contribution is -2.41. The number of rotatable bonds is 8. The summed E-state index contributed by atoms with van der Waals surface area (Å²) in [5.74, 6) is 0.448. The highest BCUT2D eigenvalue weighted by Gasteiger charge is 2.18. The molecule has 0 saturated carbocycles. The molecule has 1 aromatic carbocycles. The van der Waals surface area contributed by atoms with Gasteiger partial charge in [0.05, 0.1) is 5.75 Å². The van der Waals surface area contributed by atoms with Crippen LogP contribution >= 0.6 is 35.6 Å². The van der Waals surface area contributed by atoms with Crippen LogP contribution < -0.4 is 15.8 Å². The van der Waals surface area contributed by atoms with Gasteiger partial charge in [-0.25, -0.2) is 13.6 Å². The second-order valence-electron chi connectivity index (χ2n) is 6.46. The lowest BCUT2D eigenvalue weighted by Gasteiger charge is -2.23. The van der Waals surface area contributed by atoms with E-state index in [4.69, 9.17) is 16.7 Å². The maximum atomic E-state index is 11.0. The van der Waals surface area contributed by atoms with E-state index in [1.54, 1.807) is 0 Å². The minimum Gasteiger partial charge on any atom is -0.357 e. The molecule has 4 N–H and O–H groups in total. The molecule has 9 heteroatoms. The van der Waals surface area contributed by atoms with Crippen molar-refractivity contribution in [2.24, 2.45) is 15.5 Å². The number of nitrogens with one attached hydrogen (secondary N) is 2. The Balaban J connectivity index is 0.00000576. The molecule has 0 unspecified atom stereocenters. The van der Waals surface area contributed by atoms with Gasteiger partial charge in [0.2, 0.25) is 10.0 Å². The summed E-state index contributed by atoms with van der Waals surface area (Å²) in [5, 5.41) is 11.8. The summed E-state index contributed by atoms with van der Waals surface area (Å²) in [6.45, 7) is 7.71. The monoisotopic (exact) mass is 502 g/mol. The molecule has 0 radical (unpaired) electrons. The number of guanidine groups is 1. The van der Waals surface area contributed by atoms with Crippen LogP contribution in [0, 0.1) is 5.41 Å². The molecule has 0 amide bonds. The van der Waals surface area contributed by atoms with Crippen LogP contribution in [-0.2, 0) is 16.4 Å². The molecule has 25 heavy (non-hydrogen) atoms. The molecule has 0 bridgehead atoms. The number of aliphatic imine (C=N–C) groups is 1. The Kier molecular flexibility index (Phi) is 10.9. The Morgan fingerprint density at radius 1 is 1.32 bits per heavy atom. The number of nitrogens with two attached hydrogens (primary N) is 1. The van der Waals surface area contributed by atoms with E-state index >= 15 is 0 Å². The van der Waals surface area contributed by atoms with Gasteiger partial charge in [-0.3, -0.25) is 4.99 Å². The number of halogens is 2. The first-order chi connectivity index (χ1) is 11.1. The molecule has 0 aliphatic rings. The first-order valence-electron chi connectivity index (χ1n) is 7.88. The van der Waals surface area contributed by atoms with E-state index in [2.05, 4.69) is 29.5 Å². The first-order valence-corrected chi connectivity index (χ1v) is 9.98. The summed E-state index contributed by atoms with van der Waals surface area (Å²) >= 11 is 6.03. The molecule has 0 heterocycles. The molecule has 0 saturated heterocycles. The summed E-state index contributed by atoms with van der Waals surface area (Å²) in [6, 6.07) is 7.81. The van der Waals surface area contributed by atoms with Crippen LogP contribution in [0.4, 0.5) is 0 Å². The largest absolute Gasteiger partial charge is 0.357 e. The van der Waals surface area contributed by atoms with Gasteiger partial charge in [0.15, 0.2) is 5.96 Å². The van der Waals surface area contributed by atoms with Gasteiger partial charge in [0.1, 0.15) is 0 Å². The highest BCUT2D eigenvalue weighted by atomic mass is 127. The van der Waals surface area contributed by atoms with Gasteiger partial charge in [-0.2, -0.15) is 0 Å². The van der Waals surface area contributed by atoms with E-state index < -0.39 is 10.0 Å². The lowest BCUT2D eigenvalue weighted by molar-refractivity contribution is 0.377. The zero-order valence-electron chi connectivity index (χ0n) is 14.9. The molecule has 0 fully saturated rings. The van der Waals surface area contributed by atoms with Crippen LogP contribution in [0.25, 0.3) is 0 Å². The minimum atomic E-state index is -3.48.